The number of amides is 2. The van der Waals surface area contributed by atoms with E-state index in [4.69, 9.17) is 30.4 Å². The summed E-state index contributed by atoms with van der Waals surface area (Å²) in [5, 5.41) is 2.81. The van der Waals surface area contributed by atoms with Crippen molar-refractivity contribution in [1.29, 1.82) is 0 Å². The summed E-state index contributed by atoms with van der Waals surface area (Å²) in [6, 6.07) is 8.51. The van der Waals surface area contributed by atoms with Gasteiger partial charge in [-0.05, 0) is 57.4 Å². The highest BCUT2D eigenvalue weighted by Gasteiger charge is 2.52. The third kappa shape index (κ3) is 3.88. The van der Waals surface area contributed by atoms with Crippen molar-refractivity contribution < 1.29 is 28.4 Å². The Morgan fingerprint density at radius 1 is 1.21 bits per heavy atom. The fourth-order valence-corrected chi connectivity index (χ4v) is 5.03. The molecule has 2 fully saturated rings. The van der Waals surface area contributed by atoms with Crippen molar-refractivity contribution in [2.24, 2.45) is 0 Å². The number of carbonyl (C=O) groups excluding carboxylic acids is 2. The van der Waals surface area contributed by atoms with Gasteiger partial charge in [-0.25, -0.2) is 4.79 Å². The van der Waals surface area contributed by atoms with Crippen molar-refractivity contribution >= 4 is 53.2 Å². The van der Waals surface area contributed by atoms with Crippen LogP contribution >= 0.6 is 22.9 Å². The number of ether oxygens (including phenoxy) is 2. The molecule has 2 saturated heterocycles. The molecule has 1 N–H and O–H groups in total. The second kappa shape index (κ2) is 7.90. The zero-order valence-electron chi connectivity index (χ0n) is 18.7. The quantitative estimate of drug-likeness (QED) is 0.662. The van der Waals surface area contributed by atoms with E-state index in [0.29, 0.717) is 20.7 Å². The van der Waals surface area contributed by atoms with Crippen LogP contribution in [0.3, 0.4) is 0 Å². The van der Waals surface area contributed by atoms with Gasteiger partial charge in [0.15, 0.2) is 0 Å². The van der Waals surface area contributed by atoms with Crippen LogP contribution in [0.15, 0.2) is 30.3 Å². The summed E-state index contributed by atoms with van der Waals surface area (Å²) in [6.07, 6.45) is -1.00. The average Bonchev–Trinajstić information content (AvgIpc) is 3.39. The van der Waals surface area contributed by atoms with Crippen LogP contribution in [0.2, 0.25) is 4.34 Å². The highest BCUT2D eigenvalue weighted by Crippen LogP contribution is 2.40. The third-order valence-electron chi connectivity index (χ3n) is 6.65. The number of fused-ring (bicyclic) bond motifs is 3. The van der Waals surface area contributed by atoms with E-state index in [-0.39, 0.29) is 25.1 Å². The Hall–Kier alpha value is -2.27. The molecule has 0 bridgehead atoms. The molecule has 5 rings (SSSR count). The molecule has 1 aromatic carbocycles. The van der Waals surface area contributed by atoms with E-state index < -0.39 is 30.5 Å². The molecule has 0 spiro atoms. The van der Waals surface area contributed by atoms with E-state index in [1.165, 1.54) is 11.3 Å². The Kier molecular flexibility index (Phi) is 5.39. The maximum Gasteiger partial charge on any atom is 0.494 e. The van der Waals surface area contributed by atoms with Gasteiger partial charge in [-0.15, -0.1) is 11.3 Å². The summed E-state index contributed by atoms with van der Waals surface area (Å²) in [5.74, 6) is 0.305. The first-order chi connectivity index (χ1) is 15.6. The fourth-order valence-electron chi connectivity index (χ4n) is 4.07. The standard InChI is InChI=1S/C22H24BClN2O6S/c1-21(2)22(3,4)32-23(31-21)12-5-6-13-15(9-12)29-11-14-16(30-20(28)26(13)14)10-25-19(27)17-7-8-18(24)33-17/h5-9,14,16H,10-11H2,1-4H3,(H,25,27). The van der Waals surface area contributed by atoms with Crippen molar-refractivity contribution in [2.75, 3.05) is 18.1 Å². The van der Waals surface area contributed by atoms with Gasteiger partial charge in [0.1, 0.15) is 24.5 Å². The SMILES string of the molecule is CC1(C)OB(c2ccc3c(c2)OCC2C(CNC(=O)c4ccc(Cl)s4)OC(=O)N32)OC1(C)C. The Morgan fingerprint density at radius 2 is 1.94 bits per heavy atom. The Balaban J connectivity index is 1.30. The number of halogens is 1. The van der Waals surface area contributed by atoms with Crippen LogP contribution < -0.4 is 20.4 Å². The number of thiophene rings is 1. The Labute approximate surface area is 201 Å². The average molecular weight is 491 g/mol. The third-order valence-corrected chi connectivity index (χ3v) is 7.88. The highest BCUT2D eigenvalue weighted by molar-refractivity contribution is 7.18. The second-order valence-electron chi connectivity index (χ2n) is 9.30. The van der Waals surface area contributed by atoms with Crippen molar-refractivity contribution in [3.05, 3.63) is 39.5 Å². The second-order valence-corrected chi connectivity index (χ2v) is 11.0. The number of cyclic esters (lactones) is 1. The molecule has 3 aliphatic rings. The summed E-state index contributed by atoms with van der Waals surface area (Å²) in [5.41, 5.74) is 0.529. The number of benzene rings is 1. The van der Waals surface area contributed by atoms with E-state index >= 15 is 0 Å². The molecule has 174 valence electrons. The molecule has 0 aliphatic carbocycles. The van der Waals surface area contributed by atoms with E-state index in [2.05, 4.69) is 5.32 Å². The normalized spacial score (nSPS) is 24.7. The minimum Gasteiger partial charge on any atom is -0.489 e. The predicted molar refractivity (Wildman–Crippen MR) is 126 cm³/mol. The smallest absolute Gasteiger partial charge is 0.489 e. The summed E-state index contributed by atoms with van der Waals surface area (Å²) >= 11 is 7.09. The molecule has 2 aromatic rings. The van der Waals surface area contributed by atoms with Crippen LogP contribution in [-0.4, -0.2) is 55.6 Å². The first kappa shape index (κ1) is 22.5. The molecular weight excluding hydrogens is 467 g/mol. The Morgan fingerprint density at radius 3 is 2.61 bits per heavy atom. The largest absolute Gasteiger partial charge is 0.494 e. The lowest BCUT2D eigenvalue weighted by atomic mass is 9.78. The van der Waals surface area contributed by atoms with E-state index in [1.807, 2.05) is 45.9 Å². The van der Waals surface area contributed by atoms with Crippen molar-refractivity contribution in [3.8, 4) is 5.75 Å². The molecule has 1 aromatic heterocycles. The maximum atomic E-state index is 12.7. The molecule has 33 heavy (non-hydrogen) atoms. The van der Waals surface area contributed by atoms with E-state index in [0.717, 1.165) is 5.46 Å². The molecule has 8 nitrogen and oxygen atoms in total. The van der Waals surface area contributed by atoms with Crippen LogP contribution in [0, 0.1) is 0 Å². The van der Waals surface area contributed by atoms with Crippen LogP contribution in [0.1, 0.15) is 37.4 Å². The maximum absolute atomic E-state index is 12.7. The van der Waals surface area contributed by atoms with Gasteiger partial charge in [-0.1, -0.05) is 17.7 Å². The zero-order chi connectivity index (χ0) is 23.5. The molecule has 0 saturated carbocycles. The molecular formula is C22H24BClN2O6S. The Bertz CT molecular complexity index is 1110. The van der Waals surface area contributed by atoms with Crippen LogP contribution in [0.5, 0.6) is 5.75 Å². The number of rotatable bonds is 4. The minimum absolute atomic E-state index is 0.173. The van der Waals surface area contributed by atoms with Crippen molar-refractivity contribution in [2.45, 2.75) is 51.0 Å². The number of nitrogens with one attached hydrogen (secondary N) is 1. The van der Waals surface area contributed by atoms with Gasteiger partial charge in [-0.2, -0.15) is 0 Å². The molecule has 11 heteroatoms. The summed E-state index contributed by atoms with van der Waals surface area (Å²) in [6.45, 7) is 8.41. The van der Waals surface area contributed by atoms with E-state index in [1.54, 1.807) is 17.0 Å². The van der Waals surface area contributed by atoms with Crippen molar-refractivity contribution in [1.82, 2.24) is 5.32 Å². The summed E-state index contributed by atoms with van der Waals surface area (Å²) in [4.78, 5) is 27.1. The number of anilines is 1. The van der Waals surface area contributed by atoms with Gasteiger partial charge in [0, 0.05) is 0 Å². The number of hydrogen-bond acceptors (Lipinski definition) is 7. The zero-order valence-corrected chi connectivity index (χ0v) is 20.3. The summed E-state index contributed by atoms with van der Waals surface area (Å²) < 4.78 is 24.4. The predicted octanol–water partition coefficient (Wildman–Crippen LogP) is 3.22. The fraction of sp³-hybridized carbons (Fsp3) is 0.455. The lowest BCUT2D eigenvalue weighted by Crippen LogP contribution is -2.48. The first-order valence-corrected chi connectivity index (χ1v) is 11.9. The molecule has 3 aliphatic heterocycles. The van der Waals surface area contributed by atoms with Crippen molar-refractivity contribution in [3.63, 3.8) is 0 Å². The minimum atomic E-state index is -0.534. The molecule has 2 unspecified atom stereocenters. The van der Waals surface area contributed by atoms with Gasteiger partial charge < -0.3 is 24.1 Å². The van der Waals surface area contributed by atoms with Crippen LogP contribution in [0.25, 0.3) is 0 Å². The molecule has 2 atom stereocenters. The van der Waals surface area contributed by atoms with Gasteiger partial charge in [0.05, 0.1) is 32.6 Å². The lowest BCUT2D eigenvalue weighted by molar-refractivity contribution is 0.00578. The van der Waals surface area contributed by atoms with Gasteiger partial charge >= 0.3 is 13.2 Å². The first-order valence-electron chi connectivity index (χ1n) is 10.7. The molecule has 4 heterocycles. The number of nitrogens with zero attached hydrogens (tertiary/aromatic N) is 1. The van der Waals surface area contributed by atoms with Gasteiger partial charge in [0.25, 0.3) is 5.91 Å². The van der Waals surface area contributed by atoms with Crippen LogP contribution in [-0.2, 0) is 14.0 Å². The topological polar surface area (TPSA) is 86.3 Å². The number of carbonyl (C=O) groups is 2. The van der Waals surface area contributed by atoms with Gasteiger partial charge in [0.2, 0.25) is 0 Å². The van der Waals surface area contributed by atoms with Crippen LogP contribution in [0.4, 0.5) is 10.5 Å². The number of hydrogen-bond donors (Lipinski definition) is 1. The van der Waals surface area contributed by atoms with Gasteiger partial charge in [-0.3, -0.25) is 9.69 Å². The lowest BCUT2D eigenvalue weighted by Gasteiger charge is -2.32. The monoisotopic (exact) mass is 490 g/mol. The van der Waals surface area contributed by atoms with E-state index in [9.17, 15) is 9.59 Å². The molecule has 2 amide bonds. The molecule has 0 radical (unpaired) electrons. The summed E-state index contributed by atoms with van der Waals surface area (Å²) in [7, 11) is -0.527. The highest BCUT2D eigenvalue weighted by atomic mass is 35.5.